The van der Waals surface area contributed by atoms with Gasteiger partial charge in [0.2, 0.25) is 0 Å². The Morgan fingerprint density at radius 2 is 2.50 bits per heavy atom. The van der Waals surface area contributed by atoms with Crippen LogP contribution in [0.25, 0.3) is 0 Å². The summed E-state index contributed by atoms with van der Waals surface area (Å²) in [6.07, 6.45) is 2.27. The van der Waals surface area contributed by atoms with Crippen molar-refractivity contribution in [3.8, 4) is 0 Å². The van der Waals surface area contributed by atoms with E-state index in [-0.39, 0.29) is 6.03 Å². The third-order valence-corrected chi connectivity index (χ3v) is 2.58. The lowest BCUT2D eigenvalue weighted by Gasteiger charge is -2.20. The highest BCUT2D eigenvalue weighted by Crippen LogP contribution is 2.00. The van der Waals surface area contributed by atoms with Crippen molar-refractivity contribution in [2.75, 3.05) is 32.8 Å². The third-order valence-electron chi connectivity index (χ3n) is 2.58. The number of nitrogens with one attached hydrogen (secondary N) is 2. The van der Waals surface area contributed by atoms with Crippen LogP contribution in [0.1, 0.15) is 11.6 Å². The van der Waals surface area contributed by atoms with Crippen molar-refractivity contribution in [1.82, 2.24) is 20.7 Å². The highest BCUT2D eigenvalue weighted by molar-refractivity contribution is 5.73. The van der Waals surface area contributed by atoms with E-state index in [1.807, 2.05) is 0 Å². The number of ether oxygens (including phenoxy) is 1. The van der Waals surface area contributed by atoms with Gasteiger partial charge in [-0.05, 0) is 0 Å². The van der Waals surface area contributed by atoms with Gasteiger partial charge in [-0.1, -0.05) is 0 Å². The molecule has 1 aliphatic rings. The van der Waals surface area contributed by atoms with Gasteiger partial charge in [0.1, 0.15) is 6.26 Å². The minimum Gasteiger partial charge on any atom is -0.449 e. The number of aromatic nitrogens is 1. The van der Waals surface area contributed by atoms with Crippen LogP contribution in [0.15, 0.2) is 10.7 Å². The Hall–Kier alpha value is -1.60. The maximum absolute atomic E-state index is 11.8. The summed E-state index contributed by atoms with van der Waals surface area (Å²) in [5, 5.41) is 4.37. The molecule has 100 valence electrons. The molecule has 0 atom stereocenters. The van der Waals surface area contributed by atoms with Gasteiger partial charge in [0.05, 0.1) is 25.5 Å². The summed E-state index contributed by atoms with van der Waals surface area (Å²) in [4.78, 5) is 16.0. The second-order valence-corrected chi connectivity index (χ2v) is 4.01. The third kappa shape index (κ3) is 3.71. The normalized spacial score (nSPS) is 16.4. The number of amides is 2. The molecule has 0 saturated carbocycles. The molecule has 2 rings (SSSR count). The molecule has 18 heavy (non-hydrogen) atoms. The smallest absolute Gasteiger partial charge is 0.331 e. The van der Waals surface area contributed by atoms with Crippen molar-refractivity contribution < 1.29 is 13.9 Å². The van der Waals surface area contributed by atoms with Gasteiger partial charge in [-0.25, -0.2) is 15.2 Å². The molecule has 1 aliphatic heterocycles. The van der Waals surface area contributed by atoms with Gasteiger partial charge in [-0.2, -0.15) is 0 Å². The largest absolute Gasteiger partial charge is 0.449 e. The first-order valence-electron chi connectivity index (χ1n) is 6.03. The van der Waals surface area contributed by atoms with Gasteiger partial charge in [0.15, 0.2) is 5.89 Å². The molecule has 1 aromatic heterocycles. The van der Waals surface area contributed by atoms with Crippen molar-refractivity contribution in [3.05, 3.63) is 17.8 Å². The predicted molar refractivity (Wildman–Crippen MR) is 63.9 cm³/mol. The number of oxazole rings is 1. The average Bonchev–Trinajstić information content (AvgIpc) is 2.63. The van der Waals surface area contributed by atoms with Gasteiger partial charge in [-0.3, -0.25) is 5.01 Å². The van der Waals surface area contributed by atoms with Gasteiger partial charge < -0.3 is 14.5 Å². The molecule has 0 bridgehead atoms. The maximum atomic E-state index is 11.8. The highest BCUT2D eigenvalue weighted by atomic mass is 16.5. The number of nitrogens with zero attached hydrogens (tertiary/aromatic N) is 2. The fraction of sp³-hybridized carbons (Fsp3) is 0.636. The van der Waals surface area contributed by atoms with Gasteiger partial charge in [-0.15, -0.1) is 0 Å². The van der Waals surface area contributed by atoms with Crippen molar-refractivity contribution in [2.24, 2.45) is 0 Å². The molecule has 0 unspecified atom stereocenters. The van der Waals surface area contributed by atoms with Gasteiger partial charge >= 0.3 is 6.03 Å². The minimum absolute atomic E-state index is 0.138. The van der Waals surface area contributed by atoms with Crippen LogP contribution >= 0.6 is 0 Å². The van der Waals surface area contributed by atoms with E-state index < -0.39 is 0 Å². The summed E-state index contributed by atoms with van der Waals surface area (Å²) in [6, 6.07) is -0.138. The summed E-state index contributed by atoms with van der Waals surface area (Å²) in [5.74, 6) is 0.641. The molecule has 2 amide bonds. The Morgan fingerprint density at radius 3 is 3.28 bits per heavy atom. The number of carbonyl (C=O) groups excluding carboxylic acids is 1. The number of hydrogen-bond acceptors (Lipinski definition) is 5. The minimum atomic E-state index is -0.138. The van der Waals surface area contributed by atoms with E-state index in [4.69, 9.17) is 9.15 Å². The van der Waals surface area contributed by atoms with Crippen LogP contribution < -0.4 is 10.7 Å². The number of rotatable bonds is 3. The van der Waals surface area contributed by atoms with E-state index in [9.17, 15) is 4.79 Å². The van der Waals surface area contributed by atoms with E-state index >= 15 is 0 Å². The summed E-state index contributed by atoms with van der Waals surface area (Å²) >= 11 is 0. The van der Waals surface area contributed by atoms with Crippen LogP contribution in [0, 0.1) is 6.92 Å². The van der Waals surface area contributed by atoms with Crippen LogP contribution in [-0.2, 0) is 11.2 Å². The van der Waals surface area contributed by atoms with E-state index in [0.717, 1.165) is 5.69 Å². The molecule has 2 heterocycles. The van der Waals surface area contributed by atoms with E-state index in [0.29, 0.717) is 45.2 Å². The SMILES string of the molecule is Cc1nc(CCNC(=O)N2CCOCCN2)co1. The molecule has 1 aromatic rings. The number of carbonyl (C=O) groups is 1. The summed E-state index contributed by atoms with van der Waals surface area (Å²) in [5.41, 5.74) is 3.84. The number of urea groups is 1. The van der Waals surface area contributed by atoms with E-state index in [2.05, 4.69) is 15.7 Å². The zero-order chi connectivity index (χ0) is 12.8. The average molecular weight is 254 g/mol. The monoisotopic (exact) mass is 254 g/mol. The molecule has 0 aromatic carbocycles. The van der Waals surface area contributed by atoms with E-state index in [1.165, 1.54) is 0 Å². The van der Waals surface area contributed by atoms with Gasteiger partial charge in [0.25, 0.3) is 0 Å². The molecule has 2 N–H and O–H groups in total. The van der Waals surface area contributed by atoms with Crippen LogP contribution in [-0.4, -0.2) is 48.9 Å². The molecule has 1 saturated heterocycles. The maximum Gasteiger partial charge on any atom is 0.331 e. The zero-order valence-corrected chi connectivity index (χ0v) is 10.4. The molecule has 0 spiro atoms. The predicted octanol–water partition coefficient (Wildman–Crippen LogP) is 0.0719. The van der Waals surface area contributed by atoms with E-state index in [1.54, 1.807) is 18.2 Å². The molecular formula is C11H18N4O3. The highest BCUT2D eigenvalue weighted by Gasteiger charge is 2.14. The second kappa shape index (κ2) is 6.36. The Balaban J connectivity index is 1.70. The summed E-state index contributed by atoms with van der Waals surface area (Å²) in [7, 11) is 0. The first-order valence-corrected chi connectivity index (χ1v) is 6.03. The quantitative estimate of drug-likeness (QED) is 0.798. The van der Waals surface area contributed by atoms with Crippen molar-refractivity contribution in [3.63, 3.8) is 0 Å². The number of hydrogen-bond donors (Lipinski definition) is 2. The summed E-state index contributed by atoms with van der Waals surface area (Å²) in [6.45, 7) is 4.71. The zero-order valence-electron chi connectivity index (χ0n) is 10.4. The van der Waals surface area contributed by atoms with Crippen molar-refractivity contribution in [1.29, 1.82) is 0 Å². The molecule has 0 radical (unpaired) electrons. The number of aryl methyl sites for hydroxylation is 1. The van der Waals surface area contributed by atoms with Crippen molar-refractivity contribution >= 4 is 6.03 Å². The topological polar surface area (TPSA) is 79.6 Å². The summed E-state index contributed by atoms with van der Waals surface area (Å²) < 4.78 is 10.3. The molecule has 0 aliphatic carbocycles. The number of hydrazine groups is 1. The molecule has 1 fully saturated rings. The van der Waals surface area contributed by atoms with Crippen LogP contribution in [0.5, 0.6) is 0 Å². The van der Waals surface area contributed by atoms with Crippen LogP contribution in [0.4, 0.5) is 4.79 Å². The Kier molecular flexibility index (Phi) is 4.54. The Morgan fingerprint density at radius 1 is 1.61 bits per heavy atom. The fourth-order valence-corrected chi connectivity index (χ4v) is 1.68. The molecule has 7 nitrogen and oxygen atoms in total. The lowest BCUT2D eigenvalue weighted by Crippen LogP contribution is -2.49. The lowest BCUT2D eigenvalue weighted by atomic mass is 10.3. The molecular weight excluding hydrogens is 236 g/mol. The van der Waals surface area contributed by atoms with Crippen LogP contribution in [0.3, 0.4) is 0 Å². The Labute approximate surface area is 105 Å². The fourth-order valence-electron chi connectivity index (χ4n) is 1.68. The molecule has 7 heteroatoms. The Bertz CT molecular complexity index is 385. The van der Waals surface area contributed by atoms with Crippen LogP contribution in [0.2, 0.25) is 0 Å². The standard InChI is InChI=1S/C11H18N4O3/c1-9-14-10(8-18-9)2-3-12-11(16)15-5-7-17-6-4-13-15/h8,13H,2-7H2,1H3,(H,12,16). The van der Waals surface area contributed by atoms with Crippen molar-refractivity contribution in [2.45, 2.75) is 13.3 Å². The first-order chi connectivity index (χ1) is 8.75. The second-order valence-electron chi connectivity index (χ2n) is 4.01. The lowest BCUT2D eigenvalue weighted by molar-refractivity contribution is 0.143. The van der Waals surface area contributed by atoms with Gasteiger partial charge in [0, 0.05) is 26.4 Å². The first kappa shape index (κ1) is 12.8.